The molecule has 114 valence electrons. The smallest absolute Gasteiger partial charge is 0.243 e. The van der Waals surface area contributed by atoms with Gasteiger partial charge in [-0.25, -0.2) is 21.9 Å². The molecule has 0 aliphatic heterocycles. The number of benzene rings is 1. The molecule has 4 nitrogen and oxygen atoms in total. The lowest BCUT2D eigenvalue weighted by Crippen LogP contribution is -2.37. The molecule has 0 saturated carbocycles. The van der Waals surface area contributed by atoms with Gasteiger partial charge < -0.3 is 5.11 Å². The van der Waals surface area contributed by atoms with E-state index in [1.54, 1.807) is 6.92 Å². The maximum atomic E-state index is 13.7. The van der Waals surface area contributed by atoms with E-state index in [0.29, 0.717) is 0 Å². The standard InChI is InChI=1S/C13H19F2NO3S/c1-4-8(2)9(3)16-20(18,19)12-6-10(7-17)5-11(14)13(12)15/h5-6,8-9,16-17H,4,7H2,1-3H3. The van der Waals surface area contributed by atoms with Gasteiger partial charge >= 0.3 is 0 Å². The SMILES string of the molecule is CCC(C)C(C)NS(=O)(=O)c1cc(CO)cc(F)c1F. The van der Waals surface area contributed by atoms with E-state index in [9.17, 15) is 17.2 Å². The predicted octanol–water partition coefficient (Wildman–Crippen LogP) is 2.17. The molecule has 0 fully saturated rings. The van der Waals surface area contributed by atoms with Crippen molar-refractivity contribution in [2.24, 2.45) is 5.92 Å². The Morgan fingerprint density at radius 2 is 1.90 bits per heavy atom. The Bertz CT molecular complexity index is 575. The summed E-state index contributed by atoms with van der Waals surface area (Å²) in [4.78, 5) is -0.781. The molecule has 2 unspecified atom stereocenters. The lowest BCUT2D eigenvalue weighted by Gasteiger charge is -2.20. The highest BCUT2D eigenvalue weighted by molar-refractivity contribution is 7.89. The summed E-state index contributed by atoms with van der Waals surface area (Å²) < 4.78 is 53.5. The lowest BCUT2D eigenvalue weighted by molar-refractivity contribution is 0.280. The number of aliphatic hydroxyl groups is 1. The molecule has 0 aliphatic rings. The van der Waals surface area contributed by atoms with Crippen molar-refractivity contribution in [2.75, 3.05) is 0 Å². The van der Waals surface area contributed by atoms with Crippen LogP contribution in [-0.2, 0) is 16.6 Å². The van der Waals surface area contributed by atoms with Crippen LogP contribution in [0.1, 0.15) is 32.8 Å². The van der Waals surface area contributed by atoms with E-state index in [1.165, 1.54) is 0 Å². The second-order valence-electron chi connectivity index (χ2n) is 4.84. The molecule has 20 heavy (non-hydrogen) atoms. The van der Waals surface area contributed by atoms with Crippen LogP contribution < -0.4 is 4.72 Å². The van der Waals surface area contributed by atoms with Gasteiger partial charge in [0.25, 0.3) is 0 Å². The van der Waals surface area contributed by atoms with Crippen molar-refractivity contribution >= 4 is 10.0 Å². The van der Waals surface area contributed by atoms with Crippen LogP contribution in [0.5, 0.6) is 0 Å². The number of nitrogens with one attached hydrogen (secondary N) is 1. The first kappa shape index (κ1) is 17.0. The van der Waals surface area contributed by atoms with Crippen molar-refractivity contribution < 1.29 is 22.3 Å². The molecule has 0 heterocycles. The Morgan fingerprint density at radius 1 is 1.30 bits per heavy atom. The number of hydrogen-bond acceptors (Lipinski definition) is 3. The summed E-state index contributed by atoms with van der Waals surface area (Å²) in [6.45, 7) is 4.85. The van der Waals surface area contributed by atoms with E-state index in [1.807, 2.05) is 13.8 Å². The normalized spacial score (nSPS) is 15.1. The Hall–Kier alpha value is -1.05. The van der Waals surface area contributed by atoms with Gasteiger partial charge in [0.2, 0.25) is 10.0 Å². The van der Waals surface area contributed by atoms with Crippen molar-refractivity contribution in [2.45, 2.75) is 44.7 Å². The molecular formula is C13H19F2NO3S. The Balaban J connectivity index is 3.19. The van der Waals surface area contributed by atoms with Crippen molar-refractivity contribution in [1.29, 1.82) is 0 Å². The van der Waals surface area contributed by atoms with Crippen LogP contribution in [0.15, 0.2) is 17.0 Å². The van der Waals surface area contributed by atoms with Gasteiger partial charge in [-0.1, -0.05) is 20.3 Å². The van der Waals surface area contributed by atoms with Crippen molar-refractivity contribution in [3.05, 3.63) is 29.3 Å². The molecule has 0 spiro atoms. The van der Waals surface area contributed by atoms with Gasteiger partial charge in [0.05, 0.1) is 6.61 Å². The fourth-order valence-electron chi connectivity index (χ4n) is 1.68. The van der Waals surface area contributed by atoms with Crippen LogP contribution in [-0.4, -0.2) is 19.6 Å². The minimum atomic E-state index is -4.18. The van der Waals surface area contributed by atoms with Gasteiger partial charge in [0.1, 0.15) is 4.90 Å². The van der Waals surface area contributed by atoms with Crippen molar-refractivity contribution in [3.63, 3.8) is 0 Å². The summed E-state index contributed by atoms with van der Waals surface area (Å²) in [7, 11) is -4.18. The van der Waals surface area contributed by atoms with Gasteiger partial charge in [-0.3, -0.25) is 0 Å². The van der Waals surface area contributed by atoms with Gasteiger partial charge in [-0.15, -0.1) is 0 Å². The maximum absolute atomic E-state index is 13.7. The summed E-state index contributed by atoms with van der Waals surface area (Å²) in [5.74, 6) is -2.68. The number of rotatable bonds is 6. The Kier molecular flexibility index (Phi) is 5.61. The van der Waals surface area contributed by atoms with Crippen LogP contribution in [0.3, 0.4) is 0 Å². The molecule has 1 aromatic carbocycles. The number of hydrogen-bond donors (Lipinski definition) is 2. The third kappa shape index (κ3) is 3.74. The summed E-state index contributed by atoms with van der Waals surface area (Å²) >= 11 is 0. The van der Waals surface area contributed by atoms with E-state index < -0.39 is 39.2 Å². The lowest BCUT2D eigenvalue weighted by atomic mass is 10.0. The molecule has 0 amide bonds. The number of sulfonamides is 1. The van der Waals surface area contributed by atoms with E-state index in [-0.39, 0.29) is 11.5 Å². The number of halogens is 2. The zero-order valence-corrected chi connectivity index (χ0v) is 12.5. The fraction of sp³-hybridized carbons (Fsp3) is 0.538. The minimum absolute atomic E-state index is 0.000433. The highest BCUT2D eigenvalue weighted by atomic mass is 32.2. The highest BCUT2D eigenvalue weighted by Crippen LogP contribution is 2.21. The molecule has 0 aliphatic carbocycles. The monoisotopic (exact) mass is 307 g/mol. The van der Waals surface area contributed by atoms with Crippen LogP contribution in [0.25, 0.3) is 0 Å². The molecule has 7 heteroatoms. The quantitative estimate of drug-likeness (QED) is 0.846. The van der Waals surface area contributed by atoms with E-state index in [4.69, 9.17) is 5.11 Å². The molecule has 2 N–H and O–H groups in total. The second-order valence-corrected chi connectivity index (χ2v) is 6.53. The van der Waals surface area contributed by atoms with Crippen LogP contribution in [0.2, 0.25) is 0 Å². The predicted molar refractivity (Wildman–Crippen MR) is 71.5 cm³/mol. The first-order chi connectivity index (χ1) is 9.22. The van der Waals surface area contributed by atoms with Crippen molar-refractivity contribution in [3.8, 4) is 0 Å². The van der Waals surface area contributed by atoms with Gasteiger partial charge in [0.15, 0.2) is 11.6 Å². The molecule has 0 bridgehead atoms. The third-order valence-electron chi connectivity index (χ3n) is 3.37. The van der Waals surface area contributed by atoms with Gasteiger partial charge in [-0.2, -0.15) is 0 Å². The van der Waals surface area contributed by atoms with Crippen LogP contribution in [0, 0.1) is 17.6 Å². The maximum Gasteiger partial charge on any atom is 0.243 e. The largest absolute Gasteiger partial charge is 0.392 e. The second kappa shape index (κ2) is 6.60. The van der Waals surface area contributed by atoms with Crippen molar-refractivity contribution in [1.82, 2.24) is 4.72 Å². The first-order valence-electron chi connectivity index (χ1n) is 6.34. The van der Waals surface area contributed by atoms with Gasteiger partial charge in [0, 0.05) is 6.04 Å². The highest BCUT2D eigenvalue weighted by Gasteiger charge is 2.26. The van der Waals surface area contributed by atoms with Gasteiger partial charge in [-0.05, 0) is 30.5 Å². The summed E-state index contributed by atoms with van der Waals surface area (Å²) in [5, 5.41) is 8.95. The van der Waals surface area contributed by atoms with Crippen LogP contribution >= 0.6 is 0 Å². The molecule has 1 rings (SSSR count). The molecule has 1 aromatic rings. The average Bonchev–Trinajstić information content (AvgIpc) is 2.39. The summed E-state index contributed by atoms with van der Waals surface area (Å²) in [5.41, 5.74) is 0.000433. The third-order valence-corrected chi connectivity index (χ3v) is 4.92. The molecule has 0 radical (unpaired) electrons. The molecule has 2 atom stereocenters. The fourth-order valence-corrected chi connectivity index (χ4v) is 3.17. The van der Waals surface area contributed by atoms with E-state index in [0.717, 1.165) is 18.6 Å². The Labute approximate surface area is 117 Å². The average molecular weight is 307 g/mol. The first-order valence-corrected chi connectivity index (χ1v) is 7.82. The van der Waals surface area contributed by atoms with Crippen LogP contribution in [0.4, 0.5) is 8.78 Å². The minimum Gasteiger partial charge on any atom is -0.392 e. The van der Waals surface area contributed by atoms with E-state index in [2.05, 4.69) is 4.72 Å². The molecular weight excluding hydrogens is 288 g/mol. The van der Waals surface area contributed by atoms with E-state index >= 15 is 0 Å². The topological polar surface area (TPSA) is 66.4 Å². The zero-order chi connectivity index (χ0) is 15.5. The summed E-state index contributed by atoms with van der Waals surface area (Å²) in [6.07, 6.45) is 0.747. The molecule has 0 aromatic heterocycles. The summed E-state index contributed by atoms with van der Waals surface area (Å²) in [6, 6.07) is 1.29. The number of aliphatic hydroxyl groups excluding tert-OH is 1. The zero-order valence-electron chi connectivity index (χ0n) is 11.7. The molecule has 0 saturated heterocycles. The Morgan fingerprint density at radius 3 is 2.40 bits per heavy atom.